The fraction of sp³-hybridized carbons (Fsp3) is 0.290. The van der Waals surface area contributed by atoms with Crippen molar-refractivity contribution in [1.82, 2.24) is 0 Å². The van der Waals surface area contributed by atoms with E-state index in [1.165, 1.54) is 54.5 Å². The Hall–Kier alpha value is -3.11. The van der Waals surface area contributed by atoms with Crippen molar-refractivity contribution in [3.05, 3.63) is 95.2 Å². The Morgan fingerprint density at radius 2 is 1.37 bits per heavy atom. The summed E-state index contributed by atoms with van der Waals surface area (Å²) in [6.07, 6.45) is 12.9. The Morgan fingerprint density at radius 1 is 0.771 bits per heavy atom. The van der Waals surface area contributed by atoms with Crippen LogP contribution in [0, 0.1) is 0 Å². The van der Waals surface area contributed by atoms with Gasteiger partial charge in [-0.2, -0.15) is 0 Å². The second-order valence-electron chi connectivity index (χ2n) is 8.90. The molecule has 0 atom stereocenters. The summed E-state index contributed by atoms with van der Waals surface area (Å²) < 4.78 is 5.45. The standard InChI is InChI=1S/C31H33NO2S/c1-3-4-5-6-7-8-9-23-10-14-25(15-11-23)26-16-18-27(19-17-26)30-32-29(31(33)34-30)22-24-12-20-28(35-2)21-13-24/h10-22H,3-9H2,1-2H3/b29-22-. The van der Waals surface area contributed by atoms with Gasteiger partial charge in [0.1, 0.15) is 0 Å². The number of nitrogens with zero attached hydrogens (tertiary/aromatic N) is 1. The highest BCUT2D eigenvalue weighted by molar-refractivity contribution is 7.98. The first-order chi connectivity index (χ1) is 17.2. The zero-order valence-corrected chi connectivity index (χ0v) is 21.4. The molecule has 0 aromatic heterocycles. The number of thioether (sulfide) groups is 1. The van der Waals surface area contributed by atoms with Crippen molar-refractivity contribution < 1.29 is 9.53 Å². The first-order valence-corrected chi connectivity index (χ1v) is 13.7. The zero-order valence-electron chi connectivity index (χ0n) is 20.6. The molecular formula is C31H33NO2S. The number of aryl methyl sites for hydroxylation is 1. The van der Waals surface area contributed by atoms with Crippen LogP contribution in [0.25, 0.3) is 17.2 Å². The third-order valence-corrected chi connectivity index (χ3v) is 7.02. The van der Waals surface area contributed by atoms with Crippen LogP contribution in [0.3, 0.4) is 0 Å². The van der Waals surface area contributed by atoms with Gasteiger partial charge in [-0.1, -0.05) is 87.6 Å². The molecular weight excluding hydrogens is 450 g/mol. The van der Waals surface area contributed by atoms with Crippen molar-refractivity contribution in [2.45, 2.75) is 56.8 Å². The molecule has 4 heteroatoms. The molecule has 0 N–H and O–H groups in total. The number of rotatable bonds is 11. The van der Waals surface area contributed by atoms with Crippen molar-refractivity contribution in [2.24, 2.45) is 4.99 Å². The predicted molar refractivity (Wildman–Crippen MR) is 148 cm³/mol. The van der Waals surface area contributed by atoms with Crippen LogP contribution in [0.15, 0.2) is 88.4 Å². The third-order valence-electron chi connectivity index (χ3n) is 6.28. The number of hydrogen-bond acceptors (Lipinski definition) is 4. The van der Waals surface area contributed by atoms with Gasteiger partial charge in [-0.15, -0.1) is 11.8 Å². The maximum absolute atomic E-state index is 12.3. The van der Waals surface area contributed by atoms with Crippen LogP contribution in [-0.4, -0.2) is 18.1 Å². The van der Waals surface area contributed by atoms with E-state index in [1.54, 1.807) is 17.8 Å². The SMILES string of the molecule is CCCCCCCCc1ccc(-c2ccc(C3=N/C(=C\c4ccc(SC)cc4)C(=O)O3)cc2)cc1. The molecule has 3 aromatic carbocycles. The lowest BCUT2D eigenvalue weighted by Crippen LogP contribution is -2.05. The molecule has 0 amide bonds. The zero-order chi connectivity index (χ0) is 24.5. The number of carbonyl (C=O) groups is 1. The highest BCUT2D eigenvalue weighted by atomic mass is 32.2. The van der Waals surface area contributed by atoms with Gasteiger partial charge in [0, 0.05) is 10.5 Å². The van der Waals surface area contributed by atoms with Crippen LogP contribution in [0.4, 0.5) is 0 Å². The molecule has 3 aromatic rings. The molecule has 0 bridgehead atoms. The molecule has 0 fully saturated rings. The lowest BCUT2D eigenvalue weighted by molar-refractivity contribution is -0.129. The largest absolute Gasteiger partial charge is 0.402 e. The molecule has 180 valence electrons. The summed E-state index contributed by atoms with van der Waals surface area (Å²) in [5, 5.41) is 0. The van der Waals surface area contributed by atoms with Crippen LogP contribution in [0.5, 0.6) is 0 Å². The van der Waals surface area contributed by atoms with E-state index in [-0.39, 0.29) is 0 Å². The van der Waals surface area contributed by atoms with Gasteiger partial charge in [0.05, 0.1) is 0 Å². The lowest BCUT2D eigenvalue weighted by Gasteiger charge is -2.06. The monoisotopic (exact) mass is 483 g/mol. The van der Waals surface area contributed by atoms with Crippen LogP contribution in [-0.2, 0) is 16.0 Å². The third kappa shape index (κ3) is 6.95. The van der Waals surface area contributed by atoms with E-state index in [0.717, 1.165) is 23.1 Å². The van der Waals surface area contributed by atoms with E-state index in [9.17, 15) is 4.79 Å². The van der Waals surface area contributed by atoms with Crippen molar-refractivity contribution in [3.8, 4) is 11.1 Å². The predicted octanol–water partition coefficient (Wildman–Crippen LogP) is 8.32. The first kappa shape index (κ1) is 25.0. The molecule has 1 heterocycles. The van der Waals surface area contributed by atoms with Gasteiger partial charge in [0.25, 0.3) is 0 Å². The van der Waals surface area contributed by atoms with Crippen molar-refractivity contribution in [1.29, 1.82) is 0 Å². The van der Waals surface area contributed by atoms with Crippen LogP contribution >= 0.6 is 11.8 Å². The number of ether oxygens (including phenoxy) is 1. The highest BCUT2D eigenvalue weighted by Crippen LogP contribution is 2.24. The quantitative estimate of drug-likeness (QED) is 0.119. The Balaban J connectivity index is 1.37. The molecule has 3 nitrogen and oxygen atoms in total. The van der Waals surface area contributed by atoms with E-state index >= 15 is 0 Å². The maximum Gasteiger partial charge on any atom is 0.363 e. The minimum atomic E-state index is -0.418. The molecule has 1 aliphatic rings. The molecule has 0 aliphatic carbocycles. The molecule has 0 saturated heterocycles. The summed E-state index contributed by atoms with van der Waals surface area (Å²) in [4.78, 5) is 18.0. The smallest absolute Gasteiger partial charge is 0.363 e. The molecule has 0 saturated carbocycles. The highest BCUT2D eigenvalue weighted by Gasteiger charge is 2.24. The normalized spacial score (nSPS) is 14.3. The van der Waals surface area contributed by atoms with E-state index in [2.05, 4.69) is 48.3 Å². The number of esters is 1. The fourth-order valence-corrected chi connectivity index (χ4v) is 4.58. The summed E-state index contributed by atoms with van der Waals surface area (Å²) in [5.41, 5.74) is 5.76. The topological polar surface area (TPSA) is 38.7 Å². The number of benzene rings is 3. The van der Waals surface area contributed by atoms with Gasteiger partial charge >= 0.3 is 5.97 Å². The Labute approximate surface area is 213 Å². The summed E-state index contributed by atoms with van der Waals surface area (Å²) in [5.74, 6) is -0.0678. The Kier molecular flexibility index (Phi) is 8.96. The van der Waals surface area contributed by atoms with Crippen molar-refractivity contribution >= 4 is 29.7 Å². The maximum atomic E-state index is 12.3. The summed E-state index contributed by atoms with van der Waals surface area (Å²) >= 11 is 1.68. The molecule has 0 spiro atoms. The lowest BCUT2D eigenvalue weighted by atomic mass is 10.00. The second kappa shape index (κ2) is 12.6. The fourth-order valence-electron chi connectivity index (χ4n) is 4.17. The van der Waals surface area contributed by atoms with Crippen LogP contribution < -0.4 is 0 Å². The molecule has 4 rings (SSSR count). The summed E-state index contributed by atoms with van der Waals surface area (Å²) in [7, 11) is 0. The number of hydrogen-bond donors (Lipinski definition) is 0. The van der Waals surface area contributed by atoms with Gasteiger partial charge in [0.2, 0.25) is 5.90 Å². The number of carbonyl (C=O) groups excluding carboxylic acids is 1. The van der Waals surface area contributed by atoms with E-state index in [1.807, 2.05) is 42.7 Å². The first-order valence-electron chi connectivity index (χ1n) is 12.5. The number of cyclic esters (lactones) is 1. The molecule has 0 radical (unpaired) electrons. The number of aliphatic imine (C=N–C) groups is 1. The second-order valence-corrected chi connectivity index (χ2v) is 9.78. The van der Waals surface area contributed by atoms with Crippen molar-refractivity contribution in [2.75, 3.05) is 6.26 Å². The molecule has 0 unspecified atom stereocenters. The van der Waals surface area contributed by atoms with Gasteiger partial charge < -0.3 is 4.74 Å². The minimum Gasteiger partial charge on any atom is -0.402 e. The average Bonchev–Trinajstić information content (AvgIpc) is 3.27. The van der Waals surface area contributed by atoms with E-state index in [4.69, 9.17) is 4.74 Å². The van der Waals surface area contributed by atoms with Crippen molar-refractivity contribution in [3.63, 3.8) is 0 Å². The summed E-state index contributed by atoms with van der Waals surface area (Å²) in [6.45, 7) is 2.26. The van der Waals surface area contributed by atoms with Gasteiger partial charge in [0.15, 0.2) is 5.70 Å². The molecule has 1 aliphatic heterocycles. The van der Waals surface area contributed by atoms with E-state index < -0.39 is 5.97 Å². The Morgan fingerprint density at radius 3 is 2.03 bits per heavy atom. The van der Waals surface area contributed by atoms with Gasteiger partial charge in [-0.25, -0.2) is 9.79 Å². The van der Waals surface area contributed by atoms with Crippen LogP contribution in [0.1, 0.15) is 62.1 Å². The number of unbranched alkanes of at least 4 members (excludes halogenated alkanes) is 5. The summed E-state index contributed by atoms with van der Waals surface area (Å²) in [6, 6.07) is 24.9. The van der Waals surface area contributed by atoms with Gasteiger partial charge in [-0.05, 0) is 71.7 Å². The van der Waals surface area contributed by atoms with Crippen LogP contribution in [0.2, 0.25) is 0 Å². The van der Waals surface area contributed by atoms with Gasteiger partial charge in [-0.3, -0.25) is 0 Å². The van der Waals surface area contributed by atoms with E-state index in [0.29, 0.717) is 11.6 Å². The Bertz CT molecular complexity index is 1180. The minimum absolute atomic E-state index is 0.321. The average molecular weight is 484 g/mol. The molecule has 35 heavy (non-hydrogen) atoms.